The lowest BCUT2D eigenvalue weighted by Crippen LogP contribution is -2.61. The van der Waals surface area contributed by atoms with Crippen molar-refractivity contribution < 1.29 is 19.1 Å². The fraction of sp³-hybridized carbons (Fsp3) is 0.710. The summed E-state index contributed by atoms with van der Waals surface area (Å²) in [7, 11) is 0. The van der Waals surface area contributed by atoms with Crippen molar-refractivity contribution >= 4 is 17.9 Å². The van der Waals surface area contributed by atoms with Crippen molar-refractivity contribution in [3.63, 3.8) is 0 Å². The van der Waals surface area contributed by atoms with E-state index in [2.05, 4.69) is 23.6 Å². The van der Waals surface area contributed by atoms with Crippen molar-refractivity contribution in [2.75, 3.05) is 0 Å². The number of rotatable bonds is 12. The van der Waals surface area contributed by atoms with Crippen LogP contribution in [-0.2, 0) is 14.3 Å². The standard InChI is InChI=1S/C31H53N3O4/c1-13-16-23(7)32-27(35)26(24-18-20(4)17-21(5)19-24)34(31(11,12)15-3)28(36)25(22(6)14-2)33-29(37)38-30(8,9)10/h17-19,22-23,25-26H,13-16H2,1-12H3,(H,32,35)(H,33,37). The van der Waals surface area contributed by atoms with Crippen molar-refractivity contribution in [3.8, 4) is 0 Å². The van der Waals surface area contributed by atoms with Gasteiger partial charge in [0.25, 0.3) is 0 Å². The molecule has 4 unspecified atom stereocenters. The van der Waals surface area contributed by atoms with E-state index in [0.29, 0.717) is 12.8 Å². The molecular formula is C31H53N3O4. The minimum absolute atomic E-state index is 0.0344. The highest BCUT2D eigenvalue weighted by atomic mass is 16.6. The van der Waals surface area contributed by atoms with Gasteiger partial charge in [0.15, 0.2) is 0 Å². The number of carbonyl (C=O) groups is 3. The van der Waals surface area contributed by atoms with E-state index in [1.165, 1.54) is 0 Å². The molecule has 0 aliphatic carbocycles. The highest BCUT2D eigenvalue weighted by Gasteiger charge is 2.44. The van der Waals surface area contributed by atoms with Gasteiger partial charge < -0.3 is 20.3 Å². The van der Waals surface area contributed by atoms with E-state index in [0.717, 1.165) is 29.5 Å². The molecule has 0 saturated carbocycles. The van der Waals surface area contributed by atoms with Crippen LogP contribution in [0, 0.1) is 19.8 Å². The molecule has 1 aromatic rings. The van der Waals surface area contributed by atoms with E-state index >= 15 is 0 Å². The maximum absolute atomic E-state index is 14.5. The van der Waals surface area contributed by atoms with Gasteiger partial charge in [0.2, 0.25) is 11.8 Å². The summed E-state index contributed by atoms with van der Waals surface area (Å²) in [5.41, 5.74) is 1.43. The predicted molar refractivity (Wildman–Crippen MR) is 155 cm³/mol. The van der Waals surface area contributed by atoms with Gasteiger partial charge in [-0.25, -0.2) is 4.79 Å². The molecule has 1 rings (SSSR count). The third-order valence-corrected chi connectivity index (χ3v) is 7.08. The van der Waals surface area contributed by atoms with Crippen LogP contribution in [0.3, 0.4) is 0 Å². The van der Waals surface area contributed by atoms with Crippen LogP contribution in [0.25, 0.3) is 0 Å². The molecule has 0 saturated heterocycles. The van der Waals surface area contributed by atoms with Gasteiger partial charge in [-0.15, -0.1) is 0 Å². The van der Waals surface area contributed by atoms with Gasteiger partial charge in [-0.3, -0.25) is 9.59 Å². The number of nitrogens with one attached hydrogen (secondary N) is 2. The zero-order valence-electron chi connectivity index (χ0n) is 26.0. The monoisotopic (exact) mass is 531 g/mol. The summed E-state index contributed by atoms with van der Waals surface area (Å²) in [5.74, 6) is -0.683. The number of alkyl carbamates (subject to hydrolysis) is 1. The summed E-state index contributed by atoms with van der Waals surface area (Å²) in [5, 5.41) is 6.00. The van der Waals surface area contributed by atoms with E-state index in [9.17, 15) is 14.4 Å². The molecule has 0 aliphatic rings. The quantitative estimate of drug-likeness (QED) is 0.318. The average molecular weight is 532 g/mol. The zero-order valence-corrected chi connectivity index (χ0v) is 26.0. The Bertz CT molecular complexity index is 931. The molecule has 38 heavy (non-hydrogen) atoms. The Kier molecular flexibility index (Phi) is 12.3. The largest absolute Gasteiger partial charge is 0.444 e. The first-order valence-corrected chi connectivity index (χ1v) is 14.2. The van der Waals surface area contributed by atoms with Crippen LogP contribution >= 0.6 is 0 Å². The molecule has 7 heteroatoms. The molecular weight excluding hydrogens is 478 g/mol. The summed E-state index contributed by atoms with van der Waals surface area (Å²) < 4.78 is 5.51. The summed E-state index contributed by atoms with van der Waals surface area (Å²) >= 11 is 0. The summed E-state index contributed by atoms with van der Waals surface area (Å²) in [6.07, 6.45) is 2.42. The van der Waals surface area contributed by atoms with E-state index in [1.54, 1.807) is 25.7 Å². The first-order chi connectivity index (χ1) is 17.5. The first-order valence-electron chi connectivity index (χ1n) is 14.2. The Labute approximate surface area is 231 Å². The second-order valence-electron chi connectivity index (χ2n) is 12.4. The third kappa shape index (κ3) is 9.63. The number of benzene rings is 1. The van der Waals surface area contributed by atoms with Crippen LogP contribution in [0.2, 0.25) is 0 Å². The SMILES string of the molecule is CCCC(C)NC(=O)C(c1cc(C)cc(C)c1)N(C(=O)C(NC(=O)OC(C)(C)C)C(C)CC)C(C)(C)CC. The Hall–Kier alpha value is -2.57. The van der Waals surface area contributed by atoms with Gasteiger partial charge in [0, 0.05) is 11.6 Å². The fourth-order valence-electron chi connectivity index (χ4n) is 4.63. The van der Waals surface area contributed by atoms with Gasteiger partial charge in [0.05, 0.1) is 0 Å². The molecule has 0 spiro atoms. The fourth-order valence-corrected chi connectivity index (χ4v) is 4.63. The minimum Gasteiger partial charge on any atom is -0.444 e. The molecule has 0 bridgehead atoms. The summed E-state index contributed by atoms with van der Waals surface area (Å²) in [6, 6.07) is 4.27. The van der Waals surface area contributed by atoms with Gasteiger partial charge >= 0.3 is 6.09 Å². The van der Waals surface area contributed by atoms with Crippen LogP contribution in [0.4, 0.5) is 4.79 Å². The normalized spacial score (nSPS) is 15.2. The summed E-state index contributed by atoms with van der Waals surface area (Å²) in [4.78, 5) is 43.1. The molecule has 3 amide bonds. The molecule has 0 heterocycles. The number of hydrogen-bond donors (Lipinski definition) is 2. The van der Waals surface area contributed by atoms with Crippen molar-refractivity contribution in [1.82, 2.24) is 15.5 Å². The predicted octanol–water partition coefficient (Wildman–Crippen LogP) is 6.61. The van der Waals surface area contributed by atoms with Gasteiger partial charge in [-0.2, -0.15) is 0 Å². The number of aryl methyl sites for hydroxylation is 2. The Morgan fingerprint density at radius 2 is 1.47 bits per heavy atom. The van der Waals surface area contributed by atoms with Crippen LogP contribution in [0.5, 0.6) is 0 Å². The van der Waals surface area contributed by atoms with Gasteiger partial charge in [-0.05, 0) is 79.7 Å². The highest BCUT2D eigenvalue weighted by molar-refractivity contribution is 5.93. The molecule has 2 N–H and O–H groups in total. The first kappa shape index (κ1) is 33.5. The number of amides is 3. The van der Waals surface area contributed by atoms with Crippen LogP contribution < -0.4 is 10.6 Å². The van der Waals surface area contributed by atoms with Crippen LogP contribution in [0.15, 0.2) is 18.2 Å². The molecule has 0 fully saturated rings. The van der Waals surface area contributed by atoms with Crippen molar-refractivity contribution in [3.05, 3.63) is 34.9 Å². The van der Waals surface area contributed by atoms with Crippen molar-refractivity contribution in [2.45, 2.75) is 138 Å². The van der Waals surface area contributed by atoms with E-state index < -0.39 is 29.3 Å². The second-order valence-corrected chi connectivity index (χ2v) is 12.4. The smallest absolute Gasteiger partial charge is 0.408 e. The third-order valence-electron chi connectivity index (χ3n) is 7.08. The lowest BCUT2D eigenvalue weighted by atomic mass is 9.88. The van der Waals surface area contributed by atoms with E-state index in [-0.39, 0.29) is 23.8 Å². The molecule has 0 aliphatic heterocycles. The van der Waals surface area contributed by atoms with E-state index in [4.69, 9.17) is 4.74 Å². The molecule has 0 aromatic heterocycles. The number of carbonyl (C=O) groups excluding carboxylic acids is 3. The lowest BCUT2D eigenvalue weighted by Gasteiger charge is -2.45. The number of ether oxygens (including phenoxy) is 1. The Morgan fingerprint density at radius 1 is 0.921 bits per heavy atom. The van der Waals surface area contributed by atoms with Gasteiger partial charge in [0.1, 0.15) is 17.7 Å². The minimum atomic E-state index is -0.859. The van der Waals surface area contributed by atoms with Crippen LogP contribution in [0.1, 0.15) is 118 Å². The topological polar surface area (TPSA) is 87.7 Å². The molecule has 1 aromatic carbocycles. The van der Waals surface area contributed by atoms with Crippen LogP contribution in [-0.4, -0.2) is 46.0 Å². The maximum Gasteiger partial charge on any atom is 0.408 e. The number of nitrogens with zero attached hydrogens (tertiary/aromatic N) is 1. The van der Waals surface area contributed by atoms with E-state index in [1.807, 2.05) is 67.5 Å². The van der Waals surface area contributed by atoms with Crippen molar-refractivity contribution in [1.29, 1.82) is 0 Å². The Morgan fingerprint density at radius 3 is 1.92 bits per heavy atom. The summed E-state index contributed by atoms with van der Waals surface area (Å²) in [6.45, 7) is 23.3. The molecule has 0 radical (unpaired) electrons. The molecule has 4 atom stereocenters. The molecule has 7 nitrogen and oxygen atoms in total. The Balaban J connectivity index is 3.75. The zero-order chi connectivity index (χ0) is 29.4. The highest BCUT2D eigenvalue weighted by Crippen LogP contribution is 2.34. The maximum atomic E-state index is 14.5. The lowest BCUT2D eigenvalue weighted by molar-refractivity contribution is -0.150. The number of hydrogen-bond acceptors (Lipinski definition) is 4. The van der Waals surface area contributed by atoms with Gasteiger partial charge in [-0.1, -0.05) is 69.9 Å². The average Bonchev–Trinajstić information content (AvgIpc) is 2.77. The molecule has 216 valence electrons. The second kappa shape index (κ2) is 14.0. The van der Waals surface area contributed by atoms with Crippen molar-refractivity contribution in [2.24, 2.45) is 5.92 Å².